The summed E-state index contributed by atoms with van der Waals surface area (Å²) in [5.74, 6) is 0. The minimum absolute atomic E-state index is 0.324. The monoisotopic (exact) mass is 228 g/mol. The van der Waals surface area contributed by atoms with E-state index in [1.165, 1.54) is 25.5 Å². The first kappa shape index (κ1) is 14.9. The van der Waals surface area contributed by atoms with Crippen LogP contribution in [0.4, 0.5) is 0 Å². The zero-order chi connectivity index (χ0) is 12.1. The average Bonchev–Trinajstić information content (AvgIpc) is 2.10. The molecule has 0 aromatic heterocycles. The first-order chi connectivity index (χ1) is 6.77. The summed E-state index contributed by atoms with van der Waals surface area (Å²) in [4.78, 5) is 11.2. The van der Waals surface area contributed by atoms with Gasteiger partial charge in [0.25, 0.3) is 0 Å². The highest BCUT2D eigenvalue weighted by Crippen LogP contribution is 2.44. The lowest BCUT2D eigenvalue weighted by atomic mass is 10.1. The Kier molecular flexibility index (Phi) is 5.79. The number of rotatable bonds is 6. The fourth-order valence-electron chi connectivity index (χ4n) is 1.77. The van der Waals surface area contributed by atoms with Crippen molar-refractivity contribution in [3.05, 3.63) is 0 Å². The van der Waals surface area contributed by atoms with Crippen molar-refractivity contribution in [2.45, 2.75) is 77.1 Å². The largest absolute Gasteiger partial charge is 0.303 e. The van der Waals surface area contributed by atoms with Gasteiger partial charge >= 0.3 is 0 Å². The van der Waals surface area contributed by atoms with Crippen molar-refractivity contribution >= 4 is 14.4 Å². The second kappa shape index (κ2) is 5.83. The number of carbonyl (C=O) groups excluding carboxylic acids is 1. The Labute approximate surface area is 96.7 Å². The normalized spacial score (nSPS) is 15.1. The van der Waals surface area contributed by atoms with Gasteiger partial charge in [0.2, 0.25) is 0 Å². The lowest BCUT2D eigenvalue weighted by molar-refractivity contribution is -0.108. The van der Waals surface area contributed by atoms with Crippen molar-refractivity contribution in [2.24, 2.45) is 0 Å². The van der Waals surface area contributed by atoms with Gasteiger partial charge in [-0.1, -0.05) is 60.1 Å². The van der Waals surface area contributed by atoms with Crippen LogP contribution in [-0.4, -0.2) is 14.4 Å². The Morgan fingerprint density at radius 3 is 2.07 bits per heavy atom. The van der Waals surface area contributed by atoms with Gasteiger partial charge in [0.1, 0.15) is 6.29 Å². The SMILES string of the molecule is CCCCCC(C=O)[Si](C)(C)C(C)(C)C. The zero-order valence-electron chi connectivity index (χ0n) is 11.4. The Morgan fingerprint density at radius 1 is 1.20 bits per heavy atom. The molecular formula is C13H28OSi. The van der Waals surface area contributed by atoms with Gasteiger partial charge in [0.15, 0.2) is 0 Å². The lowest BCUT2D eigenvalue weighted by Crippen LogP contribution is -2.42. The molecule has 0 bridgehead atoms. The third-order valence-corrected chi connectivity index (χ3v) is 10.3. The molecule has 1 atom stereocenters. The molecule has 0 aliphatic heterocycles. The minimum atomic E-state index is -1.45. The maximum atomic E-state index is 11.2. The summed E-state index contributed by atoms with van der Waals surface area (Å²) < 4.78 is 0. The van der Waals surface area contributed by atoms with Gasteiger partial charge in [-0.25, -0.2) is 0 Å². The molecular weight excluding hydrogens is 200 g/mol. The van der Waals surface area contributed by atoms with Crippen LogP contribution < -0.4 is 0 Å². The standard InChI is InChI=1S/C13H28OSi/c1-7-8-9-10-12(11-14)15(5,6)13(2,3)4/h11-12H,7-10H2,1-6H3. The molecule has 0 amide bonds. The molecule has 1 nitrogen and oxygen atoms in total. The number of hydrogen-bond acceptors (Lipinski definition) is 1. The predicted octanol–water partition coefficient (Wildman–Crippen LogP) is 4.64. The van der Waals surface area contributed by atoms with Crippen molar-refractivity contribution in [3.8, 4) is 0 Å². The highest BCUT2D eigenvalue weighted by Gasteiger charge is 2.41. The molecule has 0 aromatic carbocycles. The average molecular weight is 228 g/mol. The van der Waals surface area contributed by atoms with Gasteiger partial charge < -0.3 is 4.79 Å². The van der Waals surface area contributed by atoms with Crippen LogP contribution in [-0.2, 0) is 4.79 Å². The lowest BCUT2D eigenvalue weighted by Gasteiger charge is -2.41. The van der Waals surface area contributed by atoms with E-state index in [0.29, 0.717) is 10.6 Å². The second-order valence-electron chi connectivity index (χ2n) is 6.21. The van der Waals surface area contributed by atoms with Crippen LogP contribution in [0.1, 0.15) is 53.4 Å². The molecule has 0 aromatic rings. The van der Waals surface area contributed by atoms with Gasteiger partial charge in [-0.15, -0.1) is 0 Å². The summed E-state index contributed by atoms with van der Waals surface area (Å²) >= 11 is 0. The van der Waals surface area contributed by atoms with Gasteiger partial charge in [-0.2, -0.15) is 0 Å². The zero-order valence-corrected chi connectivity index (χ0v) is 12.4. The quantitative estimate of drug-likeness (QED) is 0.367. The Balaban J connectivity index is 4.45. The number of unbranched alkanes of at least 4 members (excludes halogenated alkanes) is 2. The van der Waals surface area contributed by atoms with Crippen LogP contribution in [0, 0.1) is 0 Å². The van der Waals surface area contributed by atoms with E-state index in [1.54, 1.807) is 0 Å². The van der Waals surface area contributed by atoms with Crippen LogP contribution in [0.3, 0.4) is 0 Å². The number of hydrogen-bond donors (Lipinski definition) is 0. The van der Waals surface area contributed by atoms with E-state index in [1.807, 2.05) is 0 Å². The molecule has 0 fully saturated rings. The molecule has 0 heterocycles. The fourth-order valence-corrected chi connectivity index (χ4v) is 4.15. The predicted molar refractivity (Wildman–Crippen MR) is 71.2 cm³/mol. The Bertz CT molecular complexity index is 191. The first-order valence-electron chi connectivity index (χ1n) is 6.22. The van der Waals surface area contributed by atoms with Crippen molar-refractivity contribution in [1.82, 2.24) is 0 Å². The highest BCUT2D eigenvalue weighted by molar-refractivity contribution is 6.83. The van der Waals surface area contributed by atoms with E-state index >= 15 is 0 Å². The molecule has 1 unspecified atom stereocenters. The molecule has 15 heavy (non-hydrogen) atoms. The third kappa shape index (κ3) is 4.10. The van der Waals surface area contributed by atoms with Crippen LogP contribution in [0.2, 0.25) is 23.7 Å². The molecule has 0 N–H and O–H groups in total. The van der Waals surface area contributed by atoms with Crippen LogP contribution in [0.25, 0.3) is 0 Å². The van der Waals surface area contributed by atoms with E-state index in [-0.39, 0.29) is 0 Å². The maximum absolute atomic E-state index is 11.2. The topological polar surface area (TPSA) is 17.1 Å². The smallest absolute Gasteiger partial charge is 0.120 e. The summed E-state index contributed by atoms with van der Waals surface area (Å²) in [6.45, 7) is 13.8. The van der Waals surface area contributed by atoms with E-state index in [0.717, 1.165) is 6.42 Å². The van der Waals surface area contributed by atoms with E-state index in [2.05, 4.69) is 40.8 Å². The molecule has 0 rings (SSSR count). The van der Waals surface area contributed by atoms with Gasteiger partial charge in [0, 0.05) is 5.54 Å². The molecule has 0 spiro atoms. The molecule has 2 heteroatoms. The molecule has 0 aliphatic carbocycles. The highest BCUT2D eigenvalue weighted by atomic mass is 28.3. The van der Waals surface area contributed by atoms with E-state index in [4.69, 9.17) is 0 Å². The second-order valence-corrected chi connectivity index (χ2v) is 11.9. The summed E-state index contributed by atoms with van der Waals surface area (Å²) in [5, 5.41) is 0.324. The molecule has 0 saturated carbocycles. The fraction of sp³-hybridized carbons (Fsp3) is 0.923. The third-order valence-electron chi connectivity index (χ3n) is 4.14. The van der Waals surface area contributed by atoms with E-state index in [9.17, 15) is 4.79 Å². The van der Waals surface area contributed by atoms with Gasteiger partial charge in [-0.3, -0.25) is 0 Å². The van der Waals surface area contributed by atoms with Crippen molar-refractivity contribution in [2.75, 3.05) is 0 Å². The van der Waals surface area contributed by atoms with Crippen LogP contribution in [0.15, 0.2) is 0 Å². The Hall–Kier alpha value is -0.113. The maximum Gasteiger partial charge on any atom is 0.120 e. The van der Waals surface area contributed by atoms with Crippen LogP contribution >= 0.6 is 0 Å². The number of aldehydes is 1. The molecule has 0 saturated heterocycles. The van der Waals surface area contributed by atoms with Crippen molar-refractivity contribution in [1.29, 1.82) is 0 Å². The summed E-state index contributed by atoms with van der Waals surface area (Å²) in [6, 6.07) is 0. The molecule has 90 valence electrons. The van der Waals surface area contributed by atoms with Crippen LogP contribution in [0.5, 0.6) is 0 Å². The Morgan fingerprint density at radius 2 is 1.73 bits per heavy atom. The van der Waals surface area contributed by atoms with E-state index < -0.39 is 8.07 Å². The summed E-state index contributed by atoms with van der Waals surface area (Å²) in [7, 11) is -1.45. The van der Waals surface area contributed by atoms with Gasteiger partial charge in [0.05, 0.1) is 8.07 Å². The molecule has 0 radical (unpaired) electrons. The van der Waals surface area contributed by atoms with Crippen molar-refractivity contribution < 1.29 is 4.79 Å². The minimum Gasteiger partial charge on any atom is -0.303 e. The number of carbonyl (C=O) groups is 1. The first-order valence-corrected chi connectivity index (χ1v) is 9.30. The molecule has 0 aliphatic rings. The van der Waals surface area contributed by atoms with Crippen molar-refractivity contribution in [3.63, 3.8) is 0 Å². The summed E-state index contributed by atoms with van der Waals surface area (Å²) in [6.07, 6.45) is 6.05. The summed E-state index contributed by atoms with van der Waals surface area (Å²) in [5.41, 5.74) is 0.337. The van der Waals surface area contributed by atoms with Gasteiger partial charge in [-0.05, 0) is 11.5 Å².